The Hall–Kier alpha value is -1.52. The molecule has 6 heteroatoms. The van der Waals surface area contributed by atoms with Crippen LogP contribution in [0.3, 0.4) is 0 Å². The summed E-state index contributed by atoms with van der Waals surface area (Å²) in [6, 6.07) is 5.93. The molecule has 0 saturated heterocycles. The summed E-state index contributed by atoms with van der Waals surface area (Å²) in [4.78, 5) is 4.58. The van der Waals surface area contributed by atoms with Crippen molar-refractivity contribution in [3.63, 3.8) is 0 Å². The first-order valence-corrected chi connectivity index (χ1v) is 7.17. The van der Waals surface area contributed by atoms with Gasteiger partial charge >= 0.3 is 0 Å². The number of nitrogens with zero attached hydrogens (tertiary/aromatic N) is 4. The van der Waals surface area contributed by atoms with Crippen LogP contribution in [0.25, 0.3) is 16.9 Å². The average Bonchev–Trinajstić information content (AvgIpc) is 2.92. The van der Waals surface area contributed by atoms with E-state index < -0.39 is 0 Å². The number of hydrogen-bond donors (Lipinski definition) is 0. The van der Waals surface area contributed by atoms with Gasteiger partial charge in [-0.25, -0.2) is 9.67 Å². The number of hydrogen-bond acceptors (Lipinski definition) is 2. The van der Waals surface area contributed by atoms with Crippen LogP contribution in [0.5, 0.6) is 0 Å². The van der Waals surface area contributed by atoms with Crippen molar-refractivity contribution < 1.29 is 0 Å². The number of fused-ring (bicyclic) bond motifs is 1. The molecule has 0 saturated carbocycles. The molecule has 0 atom stereocenters. The summed E-state index contributed by atoms with van der Waals surface area (Å²) in [5.74, 6) is 1.12. The van der Waals surface area contributed by atoms with Gasteiger partial charge in [-0.1, -0.05) is 17.7 Å². The van der Waals surface area contributed by atoms with Gasteiger partial charge in [0.2, 0.25) is 0 Å². The maximum Gasteiger partial charge on any atom is 0.163 e. The van der Waals surface area contributed by atoms with Crippen LogP contribution in [-0.4, -0.2) is 19.3 Å². The second-order valence-electron chi connectivity index (χ2n) is 4.81. The van der Waals surface area contributed by atoms with E-state index in [4.69, 9.17) is 23.2 Å². The Bertz CT molecular complexity index is 801. The summed E-state index contributed by atoms with van der Waals surface area (Å²) in [5, 5.41) is 5.13. The predicted octanol–water partition coefficient (Wildman–Crippen LogP) is 3.77. The minimum atomic E-state index is 0.333. The lowest BCUT2D eigenvalue weighted by Crippen LogP contribution is -2.04. The molecule has 2 heterocycles. The number of rotatable bonds is 2. The van der Waals surface area contributed by atoms with Crippen LogP contribution < -0.4 is 0 Å². The molecule has 20 heavy (non-hydrogen) atoms. The van der Waals surface area contributed by atoms with E-state index in [0.29, 0.717) is 5.88 Å². The number of alkyl halides is 1. The molecule has 3 aromatic rings. The van der Waals surface area contributed by atoms with Gasteiger partial charge in [0, 0.05) is 12.1 Å². The molecule has 0 spiro atoms. The largest absolute Gasteiger partial charge is 0.280 e. The van der Waals surface area contributed by atoms with Crippen molar-refractivity contribution in [2.75, 3.05) is 0 Å². The van der Waals surface area contributed by atoms with Gasteiger partial charge in [0.25, 0.3) is 0 Å². The van der Waals surface area contributed by atoms with E-state index in [-0.39, 0.29) is 0 Å². The molecule has 0 aliphatic carbocycles. The minimum absolute atomic E-state index is 0.333. The summed E-state index contributed by atoms with van der Waals surface area (Å²) in [5.41, 5.74) is 4.69. The molecule has 3 rings (SSSR count). The first-order valence-electron chi connectivity index (χ1n) is 6.26. The van der Waals surface area contributed by atoms with Crippen molar-refractivity contribution in [2.24, 2.45) is 7.05 Å². The molecule has 104 valence electrons. The molecule has 2 aromatic heterocycles. The molecule has 4 nitrogen and oxygen atoms in total. The van der Waals surface area contributed by atoms with Crippen molar-refractivity contribution >= 4 is 34.4 Å². The van der Waals surface area contributed by atoms with E-state index in [2.05, 4.69) is 10.1 Å². The van der Waals surface area contributed by atoms with Crippen LogP contribution in [0.15, 0.2) is 18.2 Å². The van der Waals surface area contributed by atoms with E-state index in [1.807, 2.05) is 48.3 Å². The second kappa shape index (κ2) is 4.79. The molecular weight excluding hydrogens is 295 g/mol. The summed E-state index contributed by atoms with van der Waals surface area (Å²) in [6.07, 6.45) is 0. The maximum atomic E-state index is 6.23. The van der Waals surface area contributed by atoms with Gasteiger partial charge in [-0.3, -0.25) is 4.57 Å². The van der Waals surface area contributed by atoms with E-state index in [1.54, 1.807) is 0 Å². The minimum Gasteiger partial charge on any atom is -0.280 e. The zero-order valence-corrected chi connectivity index (χ0v) is 13.0. The Labute approximate surface area is 126 Å². The number of aryl methyl sites for hydroxylation is 3. The van der Waals surface area contributed by atoms with E-state index >= 15 is 0 Å². The van der Waals surface area contributed by atoms with Crippen LogP contribution in [0.1, 0.15) is 17.1 Å². The number of halogens is 2. The Kier molecular flexibility index (Phi) is 3.22. The highest BCUT2D eigenvalue weighted by atomic mass is 35.5. The smallest absolute Gasteiger partial charge is 0.163 e. The fraction of sp³-hybridized carbons (Fsp3) is 0.286. The van der Waals surface area contributed by atoms with Gasteiger partial charge in [-0.05, 0) is 31.5 Å². The monoisotopic (exact) mass is 308 g/mol. The van der Waals surface area contributed by atoms with Gasteiger partial charge in [0.1, 0.15) is 11.3 Å². The molecule has 0 aliphatic rings. The van der Waals surface area contributed by atoms with E-state index in [1.165, 1.54) is 0 Å². The molecule has 0 amide bonds. The Morgan fingerprint density at radius 1 is 1.25 bits per heavy atom. The van der Waals surface area contributed by atoms with Crippen LogP contribution in [-0.2, 0) is 12.9 Å². The first-order chi connectivity index (χ1) is 9.52. The highest BCUT2D eigenvalue weighted by molar-refractivity contribution is 6.31. The van der Waals surface area contributed by atoms with Gasteiger partial charge in [-0.15, -0.1) is 11.6 Å². The Morgan fingerprint density at radius 3 is 2.65 bits per heavy atom. The number of benzene rings is 1. The predicted molar refractivity (Wildman–Crippen MR) is 81.9 cm³/mol. The van der Waals surface area contributed by atoms with E-state index in [0.717, 1.165) is 39.0 Å². The number of imidazole rings is 1. The lowest BCUT2D eigenvalue weighted by Gasteiger charge is -2.09. The molecule has 0 unspecified atom stereocenters. The second-order valence-corrected chi connectivity index (χ2v) is 5.49. The van der Waals surface area contributed by atoms with Crippen molar-refractivity contribution in [1.82, 2.24) is 19.3 Å². The molecular formula is C14H14Cl2N4. The van der Waals surface area contributed by atoms with Crippen LogP contribution in [0, 0.1) is 13.8 Å². The van der Waals surface area contributed by atoms with Crippen molar-refractivity contribution in [3.05, 3.63) is 40.3 Å². The van der Waals surface area contributed by atoms with Crippen molar-refractivity contribution in [3.8, 4) is 5.69 Å². The third-order valence-electron chi connectivity index (χ3n) is 3.40. The SMILES string of the molecule is Cc1ccc(-n2c(CCl)nc3c(C)nn(C)c32)cc1Cl. The van der Waals surface area contributed by atoms with Gasteiger partial charge in [0.15, 0.2) is 5.65 Å². The molecule has 0 radical (unpaired) electrons. The fourth-order valence-corrected chi connectivity index (χ4v) is 2.75. The van der Waals surface area contributed by atoms with Crippen molar-refractivity contribution in [2.45, 2.75) is 19.7 Å². The molecule has 0 N–H and O–H groups in total. The van der Waals surface area contributed by atoms with Gasteiger partial charge < -0.3 is 0 Å². The number of aromatic nitrogens is 4. The van der Waals surface area contributed by atoms with Gasteiger partial charge in [-0.2, -0.15) is 5.10 Å². The van der Waals surface area contributed by atoms with Crippen molar-refractivity contribution in [1.29, 1.82) is 0 Å². The summed E-state index contributed by atoms with van der Waals surface area (Å²) < 4.78 is 3.83. The van der Waals surface area contributed by atoms with Crippen LogP contribution >= 0.6 is 23.2 Å². The lowest BCUT2D eigenvalue weighted by molar-refractivity contribution is 0.755. The Morgan fingerprint density at radius 2 is 2.00 bits per heavy atom. The highest BCUT2D eigenvalue weighted by Crippen LogP contribution is 2.27. The topological polar surface area (TPSA) is 35.6 Å². The standard InChI is InChI=1S/C14H14Cl2N4/c1-8-4-5-10(6-11(8)16)20-12(7-15)17-13-9(2)18-19(3)14(13)20/h4-6H,7H2,1-3H3. The highest BCUT2D eigenvalue weighted by Gasteiger charge is 2.18. The third-order valence-corrected chi connectivity index (χ3v) is 4.05. The lowest BCUT2D eigenvalue weighted by atomic mass is 10.2. The van der Waals surface area contributed by atoms with Crippen LogP contribution in [0.4, 0.5) is 0 Å². The third kappa shape index (κ3) is 1.91. The molecule has 0 aliphatic heterocycles. The molecule has 0 bridgehead atoms. The quantitative estimate of drug-likeness (QED) is 0.676. The molecule has 0 fully saturated rings. The fourth-order valence-electron chi connectivity index (χ4n) is 2.40. The summed E-state index contributed by atoms with van der Waals surface area (Å²) >= 11 is 12.3. The molecule has 1 aromatic carbocycles. The first kappa shape index (κ1) is 13.5. The summed E-state index contributed by atoms with van der Waals surface area (Å²) in [6.45, 7) is 3.92. The van der Waals surface area contributed by atoms with Crippen LogP contribution in [0.2, 0.25) is 5.02 Å². The zero-order valence-electron chi connectivity index (χ0n) is 11.5. The normalized spacial score (nSPS) is 11.4. The summed E-state index contributed by atoms with van der Waals surface area (Å²) in [7, 11) is 1.90. The van der Waals surface area contributed by atoms with Gasteiger partial charge in [0.05, 0.1) is 17.3 Å². The average molecular weight is 309 g/mol. The Balaban J connectivity index is 2.36. The van der Waals surface area contributed by atoms with E-state index in [9.17, 15) is 0 Å². The maximum absolute atomic E-state index is 6.23. The zero-order chi connectivity index (χ0) is 14.4.